The van der Waals surface area contributed by atoms with Crippen molar-refractivity contribution in [3.8, 4) is 0 Å². The number of hydrogen-bond donors (Lipinski definition) is 0. The van der Waals surface area contributed by atoms with E-state index in [1.165, 1.54) is 83.5 Å². The predicted octanol–water partition coefficient (Wildman–Crippen LogP) is 18.5. The van der Waals surface area contributed by atoms with Gasteiger partial charge in [-0.05, 0) is 122 Å². The summed E-state index contributed by atoms with van der Waals surface area (Å²) in [4.78, 5) is 38.1. The molecule has 0 amide bonds. The van der Waals surface area contributed by atoms with E-state index in [-0.39, 0.29) is 44.0 Å². The van der Waals surface area contributed by atoms with Gasteiger partial charge in [0.15, 0.2) is 6.10 Å². The maximum Gasteiger partial charge on any atom is 0.306 e. The number of rotatable bonds is 48. The van der Waals surface area contributed by atoms with Crippen LogP contribution in [0.5, 0.6) is 0 Å². The van der Waals surface area contributed by atoms with Gasteiger partial charge in [-0.1, -0.05) is 213 Å². The molecule has 68 heavy (non-hydrogen) atoms. The van der Waals surface area contributed by atoms with Crippen LogP contribution in [0.4, 0.5) is 0 Å². The zero-order valence-electron chi connectivity index (χ0n) is 43.8. The third-order valence-electron chi connectivity index (χ3n) is 11.2. The Bertz CT molecular complexity index is 1450. The topological polar surface area (TPSA) is 78.9 Å². The molecular weight excluding hydrogens is 841 g/mol. The number of carbonyl (C=O) groups excluding carboxylic acids is 3. The van der Waals surface area contributed by atoms with Gasteiger partial charge in [0.25, 0.3) is 0 Å². The van der Waals surface area contributed by atoms with Crippen molar-refractivity contribution >= 4 is 17.9 Å². The molecule has 0 saturated carbocycles. The van der Waals surface area contributed by atoms with E-state index in [9.17, 15) is 14.4 Å². The Morgan fingerprint density at radius 2 is 0.588 bits per heavy atom. The van der Waals surface area contributed by atoms with Crippen molar-refractivity contribution in [3.63, 3.8) is 0 Å². The smallest absolute Gasteiger partial charge is 0.306 e. The van der Waals surface area contributed by atoms with E-state index in [2.05, 4.69) is 142 Å². The number of ether oxygens (including phenoxy) is 3. The first-order valence-electron chi connectivity index (χ1n) is 27.5. The average molecular weight is 941 g/mol. The van der Waals surface area contributed by atoms with Crippen molar-refractivity contribution in [2.45, 2.75) is 239 Å². The predicted molar refractivity (Wildman–Crippen MR) is 293 cm³/mol. The van der Waals surface area contributed by atoms with E-state index in [1.807, 2.05) is 0 Å². The Morgan fingerprint density at radius 3 is 1.00 bits per heavy atom. The molecule has 6 heteroatoms. The molecule has 1 atom stereocenters. The molecule has 384 valence electrons. The fourth-order valence-corrected chi connectivity index (χ4v) is 7.05. The SMILES string of the molecule is CC/C=C\C/C=C\C/C=C\C/C=C\C/C=C\CCCC(=O)OCC(COC(=O)CCCCCCC/C=C\CCCCCCCCC)OC(=O)CCC/C=C\C/C=C\C/C=C\C/C=C\CCCCC. The highest BCUT2D eigenvalue weighted by Crippen LogP contribution is 2.12. The van der Waals surface area contributed by atoms with Gasteiger partial charge in [-0.25, -0.2) is 0 Å². The van der Waals surface area contributed by atoms with Crippen LogP contribution in [-0.2, 0) is 28.6 Å². The summed E-state index contributed by atoms with van der Waals surface area (Å²) in [6.07, 6.45) is 76.2. The molecule has 0 aromatic rings. The zero-order chi connectivity index (χ0) is 49.3. The number of hydrogen-bond acceptors (Lipinski definition) is 6. The quantitative estimate of drug-likeness (QED) is 0.0262. The van der Waals surface area contributed by atoms with Crippen molar-refractivity contribution < 1.29 is 28.6 Å². The van der Waals surface area contributed by atoms with Crippen LogP contribution in [0.3, 0.4) is 0 Å². The van der Waals surface area contributed by atoms with Crippen LogP contribution in [0.25, 0.3) is 0 Å². The summed E-state index contributed by atoms with van der Waals surface area (Å²) in [6.45, 7) is 6.38. The average Bonchev–Trinajstić information content (AvgIpc) is 3.34. The van der Waals surface area contributed by atoms with E-state index >= 15 is 0 Å². The lowest BCUT2D eigenvalue weighted by molar-refractivity contribution is -0.167. The van der Waals surface area contributed by atoms with Gasteiger partial charge in [0.05, 0.1) is 0 Å². The van der Waals surface area contributed by atoms with Crippen molar-refractivity contribution in [2.75, 3.05) is 13.2 Å². The molecule has 0 aliphatic rings. The van der Waals surface area contributed by atoms with Crippen LogP contribution < -0.4 is 0 Å². The summed E-state index contributed by atoms with van der Waals surface area (Å²) in [5.74, 6) is -1.05. The molecule has 0 bridgehead atoms. The Kier molecular flexibility index (Phi) is 52.0. The second-order valence-corrected chi connectivity index (χ2v) is 17.7. The summed E-state index contributed by atoms with van der Waals surface area (Å²) in [5.41, 5.74) is 0. The number of allylic oxidation sites excluding steroid dienone is 20. The zero-order valence-corrected chi connectivity index (χ0v) is 43.8. The molecule has 0 aliphatic carbocycles. The third-order valence-corrected chi connectivity index (χ3v) is 11.2. The van der Waals surface area contributed by atoms with Gasteiger partial charge in [-0.2, -0.15) is 0 Å². The van der Waals surface area contributed by atoms with Crippen molar-refractivity contribution in [2.24, 2.45) is 0 Å². The molecule has 0 heterocycles. The molecule has 1 unspecified atom stereocenters. The monoisotopic (exact) mass is 941 g/mol. The molecule has 0 aromatic carbocycles. The summed E-state index contributed by atoms with van der Waals surface area (Å²) < 4.78 is 16.7. The van der Waals surface area contributed by atoms with E-state index in [1.54, 1.807) is 0 Å². The van der Waals surface area contributed by atoms with Crippen LogP contribution >= 0.6 is 0 Å². The molecular formula is C62H100O6. The fraction of sp³-hybridized carbons (Fsp3) is 0.629. The second kappa shape index (κ2) is 55.4. The number of carbonyl (C=O) groups is 3. The van der Waals surface area contributed by atoms with E-state index in [4.69, 9.17) is 14.2 Å². The van der Waals surface area contributed by atoms with E-state index in [0.29, 0.717) is 19.3 Å². The van der Waals surface area contributed by atoms with Crippen molar-refractivity contribution in [1.29, 1.82) is 0 Å². The number of esters is 3. The molecule has 6 nitrogen and oxygen atoms in total. The molecule has 0 radical (unpaired) electrons. The summed E-state index contributed by atoms with van der Waals surface area (Å²) in [5, 5.41) is 0. The van der Waals surface area contributed by atoms with Crippen molar-refractivity contribution in [1.82, 2.24) is 0 Å². The van der Waals surface area contributed by atoms with Gasteiger partial charge in [-0.3, -0.25) is 14.4 Å². The summed E-state index contributed by atoms with van der Waals surface area (Å²) in [6, 6.07) is 0. The Morgan fingerprint density at radius 1 is 0.309 bits per heavy atom. The van der Waals surface area contributed by atoms with Crippen LogP contribution in [0.15, 0.2) is 122 Å². The van der Waals surface area contributed by atoms with Gasteiger partial charge in [0.2, 0.25) is 0 Å². The molecule has 0 saturated heterocycles. The molecule has 0 N–H and O–H groups in total. The van der Waals surface area contributed by atoms with Crippen molar-refractivity contribution in [3.05, 3.63) is 122 Å². The first kappa shape index (κ1) is 63.8. The third kappa shape index (κ3) is 52.8. The lowest BCUT2D eigenvalue weighted by Gasteiger charge is -2.18. The Balaban J connectivity index is 4.60. The molecule has 0 rings (SSSR count). The molecule has 0 aromatic heterocycles. The highest BCUT2D eigenvalue weighted by molar-refractivity contribution is 5.71. The van der Waals surface area contributed by atoms with E-state index in [0.717, 1.165) is 96.3 Å². The highest BCUT2D eigenvalue weighted by atomic mass is 16.6. The van der Waals surface area contributed by atoms with Crippen LogP contribution in [0.1, 0.15) is 233 Å². The first-order valence-corrected chi connectivity index (χ1v) is 27.5. The second-order valence-electron chi connectivity index (χ2n) is 17.7. The maximum absolute atomic E-state index is 12.8. The molecule has 0 aliphatic heterocycles. The maximum atomic E-state index is 12.8. The molecule has 0 spiro atoms. The lowest BCUT2D eigenvalue weighted by Crippen LogP contribution is -2.30. The molecule has 0 fully saturated rings. The minimum absolute atomic E-state index is 0.125. The standard InChI is InChI=1S/C62H100O6/c1-4-7-10-13-16-19-22-25-28-31-34-37-40-43-46-49-52-55-61(64)67-58-59(57-66-60(63)54-51-48-45-42-39-36-33-30-27-24-21-18-15-12-9-6-3)68-62(65)56-53-50-47-44-41-38-35-32-29-26-23-20-17-14-11-8-5-2/h7,10,16-17,19-20,25-26,28-30,33-35,37-38,43-44,46-47,59H,4-6,8-9,11-15,18,21-24,27,31-32,36,39-42,45,48-58H2,1-3H3/b10-7-,19-16-,20-17-,28-25-,29-26-,33-30-,37-34-,38-35-,46-43-,47-44-. The number of unbranched alkanes of at least 4 members (excludes halogenated alkanes) is 17. The highest BCUT2D eigenvalue weighted by Gasteiger charge is 2.19. The normalized spacial score (nSPS) is 13.0. The summed E-state index contributed by atoms with van der Waals surface area (Å²) >= 11 is 0. The van der Waals surface area contributed by atoms with E-state index < -0.39 is 6.10 Å². The Hall–Kier alpha value is -4.19. The fourth-order valence-electron chi connectivity index (χ4n) is 7.05. The van der Waals surface area contributed by atoms with Gasteiger partial charge >= 0.3 is 17.9 Å². The minimum atomic E-state index is -0.836. The largest absolute Gasteiger partial charge is 0.462 e. The van der Waals surface area contributed by atoms with Crippen LogP contribution in [0.2, 0.25) is 0 Å². The first-order chi connectivity index (χ1) is 33.5. The van der Waals surface area contributed by atoms with Gasteiger partial charge in [-0.15, -0.1) is 0 Å². The van der Waals surface area contributed by atoms with Crippen LogP contribution in [0, 0.1) is 0 Å². The summed E-state index contributed by atoms with van der Waals surface area (Å²) in [7, 11) is 0. The van der Waals surface area contributed by atoms with Crippen LogP contribution in [-0.4, -0.2) is 37.2 Å². The van der Waals surface area contributed by atoms with Gasteiger partial charge in [0.1, 0.15) is 13.2 Å². The Labute approximate surface area is 418 Å². The minimum Gasteiger partial charge on any atom is -0.462 e. The van der Waals surface area contributed by atoms with Gasteiger partial charge in [0, 0.05) is 19.3 Å². The van der Waals surface area contributed by atoms with Gasteiger partial charge < -0.3 is 14.2 Å². The lowest BCUT2D eigenvalue weighted by atomic mass is 10.1.